The summed E-state index contributed by atoms with van der Waals surface area (Å²) in [5, 5.41) is 107. The van der Waals surface area contributed by atoms with Gasteiger partial charge >= 0.3 is 26.3 Å². The van der Waals surface area contributed by atoms with Crippen LogP contribution in [-0.4, -0.2) is 386 Å². The summed E-state index contributed by atoms with van der Waals surface area (Å²) >= 11 is 15.4. The lowest BCUT2D eigenvalue weighted by Gasteiger charge is -2.42. The van der Waals surface area contributed by atoms with Crippen molar-refractivity contribution in [2.75, 3.05) is 205 Å². The van der Waals surface area contributed by atoms with Gasteiger partial charge in [0, 0.05) is 40.6 Å². The molecule has 618 valence electrons. The Morgan fingerprint density at radius 1 is 0.352 bits per heavy atom. The van der Waals surface area contributed by atoms with Crippen molar-refractivity contribution in [2.24, 2.45) is 5.41 Å². The van der Waals surface area contributed by atoms with Crippen LogP contribution in [-0.2, 0) is 153 Å². The normalized spacial score (nSPS) is 27.3. The highest BCUT2D eigenvalue weighted by Crippen LogP contribution is 2.45. The molecule has 105 heavy (non-hydrogen) atoms. The number of nitrogens with one attached hydrogen (secondary N) is 3. The van der Waals surface area contributed by atoms with Gasteiger partial charge in [-0.1, -0.05) is 0 Å². The van der Waals surface area contributed by atoms with Crippen LogP contribution in [0.2, 0.25) is 0 Å². The largest absolute Gasteiger partial charge is 0.505 e. The average Bonchev–Trinajstić information content (AvgIpc) is 0.821. The van der Waals surface area contributed by atoms with Crippen molar-refractivity contribution in [3.05, 3.63) is 0 Å². The van der Waals surface area contributed by atoms with E-state index in [0.29, 0.717) is 0 Å². The second-order valence-electron chi connectivity index (χ2n) is 23.3. The van der Waals surface area contributed by atoms with Crippen LogP contribution in [0.3, 0.4) is 0 Å². The molecule has 3 amide bonds. The number of aliphatic hydroxyl groups excluding tert-OH is 9. The fourth-order valence-corrected chi connectivity index (χ4v) is 13.1. The summed E-state index contributed by atoms with van der Waals surface area (Å²) in [5.41, 5.74) is -1.29. The third-order valence-electron chi connectivity index (χ3n) is 14.6. The molecule has 3 fully saturated rings. The van der Waals surface area contributed by atoms with E-state index in [1.807, 2.05) is 0 Å². The highest BCUT2D eigenvalue weighted by molar-refractivity contribution is 8.07. The van der Waals surface area contributed by atoms with Crippen LogP contribution in [0.5, 0.6) is 0 Å². The van der Waals surface area contributed by atoms with E-state index in [4.69, 9.17) is 138 Å². The van der Waals surface area contributed by atoms with Crippen molar-refractivity contribution in [1.29, 1.82) is 0 Å². The first-order chi connectivity index (χ1) is 50.0. The van der Waals surface area contributed by atoms with Gasteiger partial charge in [-0.15, -0.1) is 0 Å². The van der Waals surface area contributed by atoms with E-state index in [9.17, 15) is 84.9 Å². The van der Waals surface area contributed by atoms with Crippen LogP contribution >= 0.6 is 20.2 Å². The summed E-state index contributed by atoms with van der Waals surface area (Å²) < 4.78 is 121. The number of hydrogen-bond acceptors (Lipinski definition) is 38. The van der Waals surface area contributed by atoms with Crippen molar-refractivity contribution in [3.8, 4) is 0 Å². The van der Waals surface area contributed by atoms with Gasteiger partial charge in [-0.05, 0) is 54.7 Å². The Balaban J connectivity index is 1.41. The Morgan fingerprint density at radius 3 is 0.829 bits per heavy atom. The first-order valence-electron chi connectivity index (χ1n) is 33.4. The second kappa shape index (κ2) is 54.9. The Morgan fingerprint density at radius 2 is 0.590 bits per heavy atom. The SMILES string of the molecule is CC(=O)N[C@@H]1[C@H](OCCOCCOCCOP(O)(=S)OCCCOCC(COCCCOP(O)(=S)OCCOCCOCCO[C@@H]2O[C@H](CO)[C@H](O)[C@H](O)[C@@H]2NC(C)=O)(COCCCOP(O)(=S)OCCOCCOCCO[C@@H]2O[C@H](CO)[C@H](O)[C@H](O)[C@@H]2NC(C)=O)COC(=O)O)O[C@H](CO)[C@H](O)[C@@H]1O. The van der Waals surface area contributed by atoms with Crippen LogP contribution in [0.25, 0.3) is 0 Å². The summed E-state index contributed by atoms with van der Waals surface area (Å²) in [4.78, 5) is 78.5. The van der Waals surface area contributed by atoms with E-state index in [2.05, 4.69) is 16.0 Å². The molecule has 3 aliphatic heterocycles. The quantitative estimate of drug-likeness (QED) is 0.0154. The molecular weight excluding hydrogens is 1540 g/mol. The molecule has 0 spiro atoms. The maximum absolute atomic E-state index is 11.8. The van der Waals surface area contributed by atoms with Gasteiger partial charge in [-0.2, -0.15) is 0 Å². The Labute approximate surface area is 622 Å². The molecule has 48 heteroatoms. The lowest BCUT2D eigenvalue weighted by atomic mass is 9.92. The number of carbonyl (C=O) groups excluding carboxylic acids is 3. The first-order valence-corrected chi connectivity index (χ1v) is 41.2. The molecule has 3 aliphatic rings. The first kappa shape index (κ1) is 97.5. The molecule has 0 bridgehead atoms. The molecule has 0 radical (unpaired) electrons. The number of rotatable bonds is 62. The van der Waals surface area contributed by atoms with Crippen molar-refractivity contribution in [1.82, 2.24) is 16.0 Å². The second-order valence-corrected chi connectivity index (χ2v) is 31.8. The summed E-state index contributed by atoms with van der Waals surface area (Å²) in [7, 11) is 0. The topological polar surface area (TPSA) is 570 Å². The molecule has 3 saturated heterocycles. The molecule has 0 saturated carbocycles. The van der Waals surface area contributed by atoms with Crippen LogP contribution in [0.4, 0.5) is 4.79 Å². The van der Waals surface area contributed by atoms with Gasteiger partial charge in [0.15, 0.2) is 18.9 Å². The van der Waals surface area contributed by atoms with Gasteiger partial charge in [-0.3, -0.25) is 14.4 Å². The molecule has 16 N–H and O–H groups in total. The lowest BCUT2D eigenvalue weighted by Crippen LogP contribution is -2.64. The number of ether oxygens (including phenoxy) is 16. The van der Waals surface area contributed by atoms with Crippen LogP contribution in [0.1, 0.15) is 40.0 Å². The number of hydrogen-bond donors (Lipinski definition) is 16. The van der Waals surface area contributed by atoms with Crippen molar-refractivity contribution >= 4 is 79.5 Å². The maximum atomic E-state index is 11.8. The number of carboxylic acid groups (broad SMARTS) is 1. The van der Waals surface area contributed by atoms with Crippen molar-refractivity contribution < 1.29 is 188 Å². The predicted molar refractivity (Wildman–Crippen MR) is 367 cm³/mol. The summed E-state index contributed by atoms with van der Waals surface area (Å²) in [6.07, 6.45) is -16.8. The molecule has 3 rings (SSSR count). The van der Waals surface area contributed by atoms with E-state index in [0.717, 1.165) is 0 Å². The third kappa shape index (κ3) is 41.6. The fourth-order valence-electron chi connectivity index (χ4n) is 9.57. The van der Waals surface area contributed by atoms with Gasteiger partial charge in [0.2, 0.25) is 17.7 Å². The Bertz CT molecular complexity index is 2280. The lowest BCUT2D eigenvalue weighted by molar-refractivity contribution is -0.272. The van der Waals surface area contributed by atoms with Crippen LogP contribution in [0, 0.1) is 5.41 Å². The van der Waals surface area contributed by atoms with Gasteiger partial charge in [0.1, 0.15) is 79.7 Å². The van der Waals surface area contributed by atoms with Gasteiger partial charge < -0.3 is 185 Å². The molecular formula is C57H108N3O39P3S3. The van der Waals surface area contributed by atoms with Gasteiger partial charge in [-0.25, -0.2) is 4.79 Å². The van der Waals surface area contributed by atoms with E-state index in [1.165, 1.54) is 20.8 Å². The minimum absolute atomic E-state index is 0.000690. The number of aliphatic hydroxyl groups is 9. The number of amides is 3. The van der Waals surface area contributed by atoms with E-state index < -0.39 is 168 Å². The minimum Gasteiger partial charge on any atom is -0.450 e. The molecule has 0 aromatic rings. The van der Waals surface area contributed by atoms with Crippen molar-refractivity contribution in [2.45, 2.75) is 132 Å². The Hall–Kier alpha value is -1.69. The zero-order valence-corrected chi connectivity index (χ0v) is 63.8. The average molecular weight is 1650 g/mol. The van der Waals surface area contributed by atoms with E-state index >= 15 is 0 Å². The third-order valence-corrected chi connectivity index (χ3v) is 19.6. The van der Waals surface area contributed by atoms with Crippen LogP contribution in [0.15, 0.2) is 0 Å². The zero-order valence-electron chi connectivity index (χ0n) is 58.7. The molecule has 0 aliphatic carbocycles. The number of carbonyl (C=O) groups is 4. The van der Waals surface area contributed by atoms with Crippen molar-refractivity contribution in [3.63, 3.8) is 0 Å². The summed E-state index contributed by atoms with van der Waals surface area (Å²) in [6.45, 7) is -10.6. The minimum atomic E-state index is -3.74. The van der Waals surface area contributed by atoms with Gasteiger partial charge in [0.25, 0.3) is 0 Å². The maximum Gasteiger partial charge on any atom is 0.505 e. The molecule has 3 unspecified atom stereocenters. The molecule has 42 nitrogen and oxygen atoms in total. The van der Waals surface area contributed by atoms with Crippen LogP contribution < -0.4 is 16.0 Å². The summed E-state index contributed by atoms with van der Waals surface area (Å²) in [5.74, 6) is -1.50. The van der Waals surface area contributed by atoms with Gasteiger partial charge in [0.05, 0.1) is 184 Å². The summed E-state index contributed by atoms with van der Waals surface area (Å²) in [6, 6.07) is -3.31. The Kier molecular flexibility index (Phi) is 51.0. The smallest absolute Gasteiger partial charge is 0.450 e. The molecule has 3 heterocycles. The molecule has 0 aromatic carbocycles. The molecule has 0 aromatic heterocycles. The predicted octanol–water partition coefficient (Wildman–Crippen LogP) is -5.38. The van der Waals surface area contributed by atoms with E-state index in [-0.39, 0.29) is 198 Å². The fraction of sp³-hybridized carbons (Fsp3) is 0.930. The standard InChI is InChI=1S/C57H108N3O39P3S3/c1-38(64)58-44-50(70)47(67)41(31-61)97-53(44)87-25-19-78-13-16-81-22-28-94-100(75,103)91-10-4-7-84-34-57(37-90-56(73)74,35-85-8-5-11-92-101(76,104)95-29-23-82-17-14-79-20-26-88-54-45(59-39(2)65)51(71)48(68)42(32-62)98-54)36-86-9-6-12-93-102(77,105)96-30-24-83-18-15-80-21-27-89-55-46(60-40(3)66)52(72)49(69)43(33-63)99-55/h41-55,61-63,67-72H,4-37H2,1-3H3,(H,58,64)(H,59,65)(H,60,66)(H,73,74)(H,75,103)(H,76,104)(H,77,105)/t41-,42-,43-,44+,45+,46+,47+,48+,49+,50-,51-,52-,53-,54-,55-,57?,100?,101?,102?/m1/s1. The molecule has 18 atom stereocenters. The monoisotopic (exact) mass is 1650 g/mol. The highest BCUT2D eigenvalue weighted by atomic mass is 32.5. The zero-order chi connectivity index (χ0) is 77.7. The van der Waals surface area contributed by atoms with E-state index in [1.54, 1.807) is 0 Å². The highest BCUT2D eigenvalue weighted by Gasteiger charge is 2.48.